The van der Waals surface area contributed by atoms with Gasteiger partial charge in [-0.3, -0.25) is 0 Å². The SMILES string of the molecule is CCc1ccc(-c2ccc(CNC)cc2)cc1CC. The third-order valence-corrected chi connectivity index (χ3v) is 3.64. The van der Waals surface area contributed by atoms with E-state index in [1.54, 1.807) is 0 Å². The maximum Gasteiger partial charge on any atom is 0.0202 e. The van der Waals surface area contributed by atoms with Crippen LogP contribution in [0.3, 0.4) is 0 Å². The number of benzene rings is 2. The second kappa shape index (κ2) is 6.53. The third-order valence-electron chi connectivity index (χ3n) is 3.64. The van der Waals surface area contributed by atoms with Crippen LogP contribution >= 0.6 is 0 Å². The molecule has 0 unspecified atom stereocenters. The van der Waals surface area contributed by atoms with Gasteiger partial charge in [0.05, 0.1) is 0 Å². The molecule has 100 valence electrons. The first kappa shape index (κ1) is 13.8. The average molecular weight is 253 g/mol. The first-order chi connectivity index (χ1) is 9.28. The van der Waals surface area contributed by atoms with E-state index >= 15 is 0 Å². The summed E-state index contributed by atoms with van der Waals surface area (Å²) in [6.07, 6.45) is 2.22. The van der Waals surface area contributed by atoms with Crippen LogP contribution in [0, 0.1) is 0 Å². The van der Waals surface area contributed by atoms with Crippen LogP contribution in [0.15, 0.2) is 42.5 Å². The van der Waals surface area contributed by atoms with Crippen molar-refractivity contribution in [3.05, 3.63) is 59.2 Å². The highest BCUT2D eigenvalue weighted by molar-refractivity contribution is 5.65. The van der Waals surface area contributed by atoms with Gasteiger partial charge in [0.25, 0.3) is 0 Å². The van der Waals surface area contributed by atoms with E-state index in [0.717, 1.165) is 19.4 Å². The fraction of sp³-hybridized carbons (Fsp3) is 0.333. The summed E-state index contributed by atoms with van der Waals surface area (Å²) in [6, 6.07) is 15.7. The number of hydrogen-bond donors (Lipinski definition) is 1. The molecule has 1 heteroatoms. The first-order valence-corrected chi connectivity index (χ1v) is 7.14. The Balaban J connectivity index is 2.30. The lowest BCUT2D eigenvalue weighted by molar-refractivity contribution is 0.818. The monoisotopic (exact) mass is 253 g/mol. The molecule has 0 heterocycles. The molecule has 0 atom stereocenters. The zero-order chi connectivity index (χ0) is 13.7. The van der Waals surface area contributed by atoms with Crippen molar-refractivity contribution >= 4 is 0 Å². The van der Waals surface area contributed by atoms with Gasteiger partial charge in [0.15, 0.2) is 0 Å². The largest absolute Gasteiger partial charge is 0.316 e. The molecule has 2 aromatic carbocycles. The molecule has 19 heavy (non-hydrogen) atoms. The molecule has 0 saturated heterocycles. The van der Waals surface area contributed by atoms with E-state index < -0.39 is 0 Å². The van der Waals surface area contributed by atoms with Crippen molar-refractivity contribution in [1.29, 1.82) is 0 Å². The molecular formula is C18H23N. The van der Waals surface area contributed by atoms with Crippen LogP contribution < -0.4 is 5.32 Å². The molecular weight excluding hydrogens is 230 g/mol. The number of aryl methyl sites for hydroxylation is 2. The van der Waals surface area contributed by atoms with Gasteiger partial charge in [0, 0.05) is 6.54 Å². The van der Waals surface area contributed by atoms with Crippen LogP contribution in [-0.4, -0.2) is 7.05 Å². The molecule has 0 spiro atoms. The summed E-state index contributed by atoms with van der Waals surface area (Å²) in [6.45, 7) is 5.38. The van der Waals surface area contributed by atoms with Gasteiger partial charge in [-0.2, -0.15) is 0 Å². The highest BCUT2D eigenvalue weighted by Crippen LogP contribution is 2.23. The van der Waals surface area contributed by atoms with Crippen LogP contribution in [0.4, 0.5) is 0 Å². The Hall–Kier alpha value is -1.60. The van der Waals surface area contributed by atoms with Crippen molar-refractivity contribution in [2.24, 2.45) is 0 Å². The zero-order valence-corrected chi connectivity index (χ0v) is 12.2. The maximum atomic E-state index is 3.18. The van der Waals surface area contributed by atoms with E-state index in [9.17, 15) is 0 Å². The Morgan fingerprint density at radius 2 is 1.42 bits per heavy atom. The lowest BCUT2D eigenvalue weighted by Crippen LogP contribution is -2.04. The van der Waals surface area contributed by atoms with Gasteiger partial charge in [-0.05, 0) is 47.7 Å². The number of nitrogens with one attached hydrogen (secondary N) is 1. The quantitative estimate of drug-likeness (QED) is 0.842. The van der Waals surface area contributed by atoms with Crippen LogP contribution in [-0.2, 0) is 19.4 Å². The minimum atomic E-state index is 0.926. The molecule has 0 aliphatic heterocycles. The molecule has 0 aliphatic carbocycles. The summed E-state index contributed by atoms with van der Waals surface area (Å²) in [5.74, 6) is 0. The molecule has 0 amide bonds. The third kappa shape index (κ3) is 3.24. The molecule has 0 aliphatic rings. The normalized spacial score (nSPS) is 10.7. The van der Waals surface area contributed by atoms with Gasteiger partial charge in [-0.25, -0.2) is 0 Å². The smallest absolute Gasteiger partial charge is 0.0202 e. The van der Waals surface area contributed by atoms with Crippen molar-refractivity contribution in [3.8, 4) is 11.1 Å². The number of hydrogen-bond acceptors (Lipinski definition) is 1. The van der Waals surface area contributed by atoms with E-state index in [1.807, 2.05) is 7.05 Å². The highest BCUT2D eigenvalue weighted by atomic mass is 14.8. The molecule has 2 aromatic rings. The van der Waals surface area contributed by atoms with E-state index in [-0.39, 0.29) is 0 Å². The van der Waals surface area contributed by atoms with Crippen LogP contribution in [0.1, 0.15) is 30.5 Å². The van der Waals surface area contributed by atoms with Crippen molar-refractivity contribution in [2.75, 3.05) is 7.05 Å². The van der Waals surface area contributed by atoms with Crippen LogP contribution in [0.5, 0.6) is 0 Å². The molecule has 0 saturated carbocycles. The lowest BCUT2D eigenvalue weighted by Gasteiger charge is -2.10. The summed E-state index contributed by atoms with van der Waals surface area (Å²) in [5, 5.41) is 3.18. The van der Waals surface area contributed by atoms with Crippen molar-refractivity contribution in [2.45, 2.75) is 33.2 Å². The van der Waals surface area contributed by atoms with Gasteiger partial charge in [-0.1, -0.05) is 56.3 Å². The summed E-state index contributed by atoms with van der Waals surface area (Å²) in [7, 11) is 1.98. The van der Waals surface area contributed by atoms with E-state index in [4.69, 9.17) is 0 Å². The van der Waals surface area contributed by atoms with Gasteiger partial charge < -0.3 is 5.32 Å². The Labute approximate surface area is 116 Å². The van der Waals surface area contributed by atoms with Gasteiger partial charge >= 0.3 is 0 Å². The van der Waals surface area contributed by atoms with Crippen molar-refractivity contribution in [1.82, 2.24) is 5.32 Å². The summed E-state index contributed by atoms with van der Waals surface area (Å²) in [4.78, 5) is 0. The topological polar surface area (TPSA) is 12.0 Å². The average Bonchev–Trinajstić information content (AvgIpc) is 2.47. The molecule has 1 N–H and O–H groups in total. The maximum absolute atomic E-state index is 3.18. The Kier molecular flexibility index (Phi) is 4.75. The summed E-state index contributed by atoms with van der Waals surface area (Å²) < 4.78 is 0. The Morgan fingerprint density at radius 3 is 2.00 bits per heavy atom. The Morgan fingerprint density at radius 1 is 0.789 bits per heavy atom. The first-order valence-electron chi connectivity index (χ1n) is 7.14. The second-order valence-electron chi connectivity index (χ2n) is 4.92. The van der Waals surface area contributed by atoms with E-state index in [2.05, 4.69) is 61.6 Å². The Bertz CT molecular complexity index is 526. The lowest BCUT2D eigenvalue weighted by atomic mass is 9.96. The molecule has 2 rings (SSSR count). The van der Waals surface area contributed by atoms with Gasteiger partial charge in [0.1, 0.15) is 0 Å². The predicted molar refractivity (Wildman–Crippen MR) is 83.4 cm³/mol. The van der Waals surface area contributed by atoms with E-state index in [0.29, 0.717) is 0 Å². The second-order valence-corrected chi connectivity index (χ2v) is 4.92. The molecule has 1 nitrogen and oxygen atoms in total. The highest BCUT2D eigenvalue weighted by Gasteiger charge is 2.03. The zero-order valence-electron chi connectivity index (χ0n) is 12.2. The van der Waals surface area contributed by atoms with E-state index in [1.165, 1.54) is 27.8 Å². The molecule has 0 radical (unpaired) electrons. The minimum Gasteiger partial charge on any atom is -0.316 e. The molecule has 0 bridgehead atoms. The van der Waals surface area contributed by atoms with Gasteiger partial charge in [-0.15, -0.1) is 0 Å². The predicted octanol–water partition coefficient (Wildman–Crippen LogP) is 4.20. The standard InChI is InChI=1S/C18H23N/c1-4-15-10-11-18(12-16(15)5-2)17-8-6-14(7-9-17)13-19-3/h6-12,19H,4-5,13H2,1-3H3. The number of rotatable bonds is 5. The van der Waals surface area contributed by atoms with Crippen LogP contribution in [0.25, 0.3) is 11.1 Å². The fourth-order valence-electron chi connectivity index (χ4n) is 2.50. The van der Waals surface area contributed by atoms with Gasteiger partial charge in [0.2, 0.25) is 0 Å². The fourth-order valence-corrected chi connectivity index (χ4v) is 2.50. The molecule has 0 fully saturated rings. The summed E-state index contributed by atoms with van der Waals surface area (Å²) in [5.41, 5.74) is 6.90. The molecule has 0 aromatic heterocycles. The summed E-state index contributed by atoms with van der Waals surface area (Å²) >= 11 is 0. The van der Waals surface area contributed by atoms with Crippen molar-refractivity contribution in [3.63, 3.8) is 0 Å². The van der Waals surface area contributed by atoms with Crippen LogP contribution in [0.2, 0.25) is 0 Å². The van der Waals surface area contributed by atoms with Crippen molar-refractivity contribution < 1.29 is 0 Å². The minimum absolute atomic E-state index is 0.926.